The predicted octanol–water partition coefficient (Wildman–Crippen LogP) is 4.82. The van der Waals surface area contributed by atoms with Crippen molar-refractivity contribution in [2.75, 3.05) is 52.2 Å². The van der Waals surface area contributed by atoms with Crippen molar-refractivity contribution >= 4 is 41.0 Å². The second-order valence-corrected chi connectivity index (χ2v) is 12.9. The molecule has 5 aromatic rings. The van der Waals surface area contributed by atoms with Crippen LogP contribution in [0.2, 0.25) is 5.02 Å². The Morgan fingerprint density at radius 3 is 2.28 bits per heavy atom. The van der Waals surface area contributed by atoms with Crippen LogP contribution in [0.1, 0.15) is 39.2 Å². The molecule has 14 heteroatoms. The van der Waals surface area contributed by atoms with Crippen LogP contribution in [0.25, 0.3) is 16.9 Å². The van der Waals surface area contributed by atoms with Gasteiger partial charge in [0.1, 0.15) is 17.2 Å². The summed E-state index contributed by atoms with van der Waals surface area (Å²) >= 11 is 5.89. The second-order valence-electron chi connectivity index (χ2n) is 12.5. The first-order valence-corrected chi connectivity index (χ1v) is 16.5. The summed E-state index contributed by atoms with van der Waals surface area (Å²) in [7, 11) is 5.56. The van der Waals surface area contributed by atoms with E-state index in [-0.39, 0.29) is 11.6 Å². The number of halogens is 1. The fourth-order valence-electron chi connectivity index (χ4n) is 5.65. The second kappa shape index (κ2) is 14.6. The normalized spacial score (nSPS) is 15.8. The molecule has 1 fully saturated rings. The van der Waals surface area contributed by atoms with Crippen molar-refractivity contribution in [3.8, 4) is 11.3 Å². The number of ether oxygens (including phenoxy) is 1. The topological polar surface area (TPSA) is 129 Å². The van der Waals surface area contributed by atoms with Gasteiger partial charge in [-0.25, -0.2) is 24.6 Å². The van der Waals surface area contributed by atoms with E-state index >= 15 is 0 Å². The number of anilines is 1. The highest BCUT2D eigenvalue weighted by molar-refractivity contribution is 6.30. The van der Waals surface area contributed by atoms with Gasteiger partial charge in [-0.1, -0.05) is 47.5 Å². The summed E-state index contributed by atoms with van der Waals surface area (Å²) in [5, 5.41) is 0.435. The van der Waals surface area contributed by atoms with Crippen LogP contribution in [-0.2, 0) is 16.0 Å². The van der Waals surface area contributed by atoms with Crippen LogP contribution in [0, 0.1) is 13.8 Å². The molecular formula is C36H38ClN9O4. The molecule has 1 atom stereocenters. The number of imidazole rings is 1. The Hall–Kier alpha value is -5.40. The number of aromatic nitrogens is 5. The van der Waals surface area contributed by atoms with E-state index in [0.717, 1.165) is 41.3 Å². The number of likely N-dealkylation sites (N-methyl/N-ethyl adjacent to an activating group) is 2. The minimum absolute atomic E-state index is 0.0710. The zero-order valence-corrected chi connectivity index (χ0v) is 29.3. The van der Waals surface area contributed by atoms with Gasteiger partial charge in [0.05, 0.1) is 22.8 Å². The minimum atomic E-state index is -1.03. The van der Waals surface area contributed by atoms with Crippen molar-refractivity contribution in [3.05, 3.63) is 107 Å². The molecule has 13 nitrogen and oxygen atoms in total. The molecule has 1 saturated heterocycles. The third-order valence-electron chi connectivity index (χ3n) is 8.56. The molecule has 6 heterocycles. The molecule has 1 unspecified atom stereocenters. The number of benzene rings is 1. The lowest BCUT2D eigenvalue weighted by Gasteiger charge is -2.33. The molecule has 0 radical (unpaired) electrons. The molecule has 3 amide bonds. The number of rotatable bonds is 5. The quantitative estimate of drug-likeness (QED) is 0.254. The van der Waals surface area contributed by atoms with Gasteiger partial charge in [-0.15, -0.1) is 0 Å². The van der Waals surface area contributed by atoms with Crippen molar-refractivity contribution in [3.63, 3.8) is 0 Å². The summed E-state index contributed by atoms with van der Waals surface area (Å²) in [4.78, 5) is 61.6. The van der Waals surface area contributed by atoms with Crippen molar-refractivity contribution in [2.24, 2.45) is 0 Å². The lowest BCUT2D eigenvalue weighted by molar-refractivity contribution is -0.128. The molecule has 0 aliphatic carbocycles. The van der Waals surface area contributed by atoms with Gasteiger partial charge in [0.25, 0.3) is 5.91 Å². The summed E-state index contributed by atoms with van der Waals surface area (Å²) in [5.74, 6) is -0.0499. The number of amides is 3. The van der Waals surface area contributed by atoms with E-state index in [4.69, 9.17) is 21.3 Å². The standard InChI is InChI=1S/C19H21N3O.C17H17ClN6O3/c1-13-5-8-15(9-6-13)19-16(11-18(23)21(3)4)22-12-14(2)7-10-17(22)20-19;1-22-6-8-23(9-7-22)17(26)27-16-14-13(19-4-5-20-14)15(25)24(16)12-3-2-11(18)10-21-12/h5-10,12H,11H2,1-4H3;2-5,10,16H,6-9H2,1H3. The molecule has 0 saturated carbocycles. The number of carbonyl (C=O) groups is 3. The third kappa shape index (κ3) is 7.28. The SMILES string of the molecule is CN1CCN(C(=O)OC2c3nccnc3C(=O)N2c2ccc(Cl)cn2)CC1.Cc1ccc(-c2nc3ccc(C)cn3c2CC(=O)N(C)C)cc1. The molecule has 50 heavy (non-hydrogen) atoms. The number of nitrogens with zero attached hydrogens (tertiary/aromatic N) is 9. The maximum absolute atomic E-state index is 12.8. The Bertz CT molecular complexity index is 2020. The highest BCUT2D eigenvalue weighted by Crippen LogP contribution is 2.36. The molecule has 4 aromatic heterocycles. The minimum Gasteiger partial charge on any atom is -0.419 e. The first kappa shape index (κ1) is 34.5. The van der Waals surface area contributed by atoms with Crippen LogP contribution in [0.5, 0.6) is 0 Å². The lowest BCUT2D eigenvalue weighted by Crippen LogP contribution is -2.48. The number of carbonyl (C=O) groups excluding carboxylic acids is 3. The van der Waals surface area contributed by atoms with Crippen LogP contribution >= 0.6 is 11.6 Å². The molecular weight excluding hydrogens is 658 g/mol. The molecule has 0 spiro atoms. The average molecular weight is 696 g/mol. The van der Waals surface area contributed by atoms with Gasteiger partial charge in [-0.3, -0.25) is 14.6 Å². The molecule has 2 aliphatic rings. The van der Waals surface area contributed by atoms with Crippen molar-refractivity contribution in [1.82, 2.24) is 39.0 Å². The summed E-state index contributed by atoms with van der Waals surface area (Å²) in [6.45, 7) is 6.75. The Kier molecular flexibility index (Phi) is 10.1. The molecule has 0 bridgehead atoms. The van der Waals surface area contributed by atoms with Gasteiger partial charge in [0.15, 0.2) is 5.69 Å². The number of aryl methyl sites for hydroxylation is 2. The number of fused-ring (bicyclic) bond motifs is 2. The van der Waals surface area contributed by atoms with E-state index in [2.05, 4.69) is 51.0 Å². The van der Waals surface area contributed by atoms with Crippen molar-refractivity contribution in [1.29, 1.82) is 0 Å². The van der Waals surface area contributed by atoms with Gasteiger partial charge >= 0.3 is 6.09 Å². The summed E-state index contributed by atoms with van der Waals surface area (Å²) in [6.07, 6.45) is 5.16. The Morgan fingerprint density at radius 2 is 1.60 bits per heavy atom. The predicted molar refractivity (Wildman–Crippen MR) is 189 cm³/mol. The highest BCUT2D eigenvalue weighted by Gasteiger charge is 2.44. The Morgan fingerprint density at radius 1 is 0.900 bits per heavy atom. The molecule has 2 aliphatic heterocycles. The average Bonchev–Trinajstić information content (AvgIpc) is 3.59. The number of pyridine rings is 2. The maximum Gasteiger partial charge on any atom is 0.412 e. The number of hydrogen-bond acceptors (Lipinski definition) is 9. The maximum atomic E-state index is 12.8. The zero-order valence-electron chi connectivity index (χ0n) is 28.6. The largest absolute Gasteiger partial charge is 0.419 e. The van der Waals surface area contributed by atoms with Crippen LogP contribution in [0.3, 0.4) is 0 Å². The van der Waals surface area contributed by atoms with Gasteiger partial charge in [0.2, 0.25) is 12.1 Å². The van der Waals surface area contributed by atoms with E-state index in [1.165, 1.54) is 29.1 Å². The van der Waals surface area contributed by atoms with E-state index in [0.29, 0.717) is 36.0 Å². The lowest BCUT2D eigenvalue weighted by atomic mass is 10.1. The number of piperazine rings is 1. The zero-order chi connectivity index (χ0) is 35.5. The molecule has 1 aromatic carbocycles. The molecule has 258 valence electrons. The van der Waals surface area contributed by atoms with E-state index < -0.39 is 18.2 Å². The Labute approximate surface area is 295 Å². The summed E-state index contributed by atoms with van der Waals surface area (Å²) in [5.41, 5.74) is 6.51. The van der Waals surface area contributed by atoms with Crippen LogP contribution in [0.15, 0.2) is 73.3 Å². The fourth-order valence-corrected chi connectivity index (χ4v) is 5.76. The van der Waals surface area contributed by atoms with E-state index in [1.807, 2.05) is 36.7 Å². The van der Waals surface area contributed by atoms with Crippen molar-refractivity contribution < 1.29 is 19.1 Å². The van der Waals surface area contributed by atoms with Gasteiger partial charge in [0, 0.05) is 70.6 Å². The van der Waals surface area contributed by atoms with Crippen LogP contribution in [0.4, 0.5) is 10.6 Å². The monoisotopic (exact) mass is 695 g/mol. The molecule has 0 N–H and O–H groups in total. The fraction of sp³-hybridized carbons (Fsp3) is 0.306. The van der Waals surface area contributed by atoms with Crippen molar-refractivity contribution in [2.45, 2.75) is 26.5 Å². The van der Waals surface area contributed by atoms with Crippen LogP contribution in [-0.4, -0.2) is 104 Å². The van der Waals surface area contributed by atoms with Gasteiger partial charge < -0.3 is 23.8 Å². The third-order valence-corrected chi connectivity index (χ3v) is 8.78. The van der Waals surface area contributed by atoms with E-state index in [1.54, 1.807) is 36.0 Å². The molecule has 7 rings (SSSR count). The van der Waals surface area contributed by atoms with Crippen LogP contribution < -0.4 is 4.90 Å². The smallest absolute Gasteiger partial charge is 0.412 e. The van der Waals surface area contributed by atoms with Gasteiger partial charge in [-0.05, 0) is 44.7 Å². The first-order valence-electron chi connectivity index (χ1n) is 16.1. The first-order chi connectivity index (χ1) is 24.0. The number of hydrogen-bond donors (Lipinski definition) is 0. The summed E-state index contributed by atoms with van der Waals surface area (Å²) < 4.78 is 7.71. The Balaban J connectivity index is 0.000000175. The van der Waals surface area contributed by atoms with Gasteiger partial charge in [-0.2, -0.15) is 0 Å². The summed E-state index contributed by atoms with van der Waals surface area (Å²) in [6, 6.07) is 15.5. The highest BCUT2D eigenvalue weighted by atomic mass is 35.5. The van der Waals surface area contributed by atoms with E-state index in [9.17, 15) is 14.4 Å².